The zero-order chi connectivity index (χ0) is 14.7. The topological polar surface area (TPSA) is 64.1 Å². The first kappa shape index (κ1) is 15.1. The van der Waals surface area contributed by atoms with E-state index in [-0.39, 0.29) is 6.03 Å². The van der Waals surface area contributed by atoms with Crippen LogP contribution in [0.15, 0.2) is 0 Å². The Kier molecular flexibility index (Phi) is 4.86. The molecule has 2 fully saturated rings. The lowest BCUT2D eigenvalue weighted by Crippen LogP contribution is -2.48. The molecule has 2 rings (SSSR count). The predicted molar refractivity (Wildman–Crippen MR) is 75.7 cm³/mol. The fraction of sp³-hybridized carbons (Fsp3) is 0.857. The van der Waals surface area contributed by atoms with Crippen molar-refractivity contribution in [1.29, 1.82) is 0 Å². The van der Waals surface area contributed by atoms with Crippen LogP contribution in [-0.4, -0.2) is 77.1 Å². The second kappa shape index (κ2) is 6.43. The van der Waals surface area contributed by atoms with Crippen molar-refractivity contribution in [3.63, 3.8) is 0 Å². The van der Waals surface area contributed by atoms with E-state index >= 15 is 0 Å². The summed E-state index contributed by atoms with van der Waals surface area (Å²) in [6.07, 6.45) is 3.94. The van der Waals surface area contributed by atoms with E-state index in [4.69, 9.17) is 5.11 Å². The zero-order valence-electron chi connectivity index (χ0n) is 12.4. The van der Waals surface area contributed by atoms with E-state index in [1.54, 1.807) is 18.9 Å². The van der Waals surface area contributed by atoms with Crippen molar-refractivity contribution in [3.05, 3.63) is 0 Å². The smallest absolute Gasteiger partial charge is 0.326 e. The molecule has 2 atom stereocenters. The van der Waals surface area contributed by atoms with Gasteiger partial charge in [-0.1, -0.05) is 6.92 Å². The van der Waals surface area contributed by atoms with Gasteiger partial charge in [0.2, 0.25) is 0 Å². The van der Waals surface area contributed by atoms with Gasteiger partial charge in [-0.2, -0.15) is 0 Å². The van der Waals surface area contributed by atoms with Crippen molar-refractivity contribution in [2.24, 2.45) is 0 Å². The molecule has 0 bridgehead atoms. The minimum Gasteiger partial charge on any atom is -0.480 e. The van der Waals surface area contributed by atoms with Gasteiger partial charge in [0.05, 0.1) is 0 Å². The Balaban J connectivity index is 1.91. The molecule has 1 N–H and O–H groups in total. The van der Waals surface area contributed by atoms with Crippen LogP contribution < -0.4 is 0 Å². The molecule has 0 spiro atoms. The van der Waals surface area contributed by atoms with E-state index in [1.165, 1.54) is 17.7 Å². The molecule has 114 valence electrons. The molecule has 0 aromatic rings. The van der Waals surface area contributed by atoms with Gasteiger partial charge in [0, 0.05) is 26.2 Å². The maximum absolute atomic E-state index is 12.4. The molecule has 2 heterocycles. The zero-order valence-corrected chi connectivity index (χ0v) is 12.4. The predicted octanol–water partition coefficient (Wildman–Crippen LogP) is 1.07. The lowest BCUT2D eigenvalue weighted by atomic mass is 10.2. The van der Waals surface area contributed by atoms with Gasteiger partial charge < -0.3 is 14.9 Å². The maximum Gasteiger partial charge on any atom is 0.326 e. The average molecular weight is 283 g/mol. The quantitative estimate of drug-likeness (QED) is 0.838. The molecule has 2 saturated heterocycles. The molecular formula is C14H25N3O3. The van der Waals surface area contributed by atoms with Crippen LogP contribution in [0, 0.1) is 0 Å². The summed E-state index contributed by atoms with van der Waals surface area (Å²) in [7, 11) is 1.59. The monoisotopic (exact) mass is 283 g/mol. The number of carboxylic acids is 1. The van der Waals surface area contributed by atoms with Crippen LogP contribution in [0.4, 0.5) is 4.79 Å². The minimum atomic E-state index is -0.932. The normalized spacial score (nSPS) is 24.9. The van der Waals surface area contributed by atoms with Gasteiger partial charge in [0.15, 0.2) is 0 Å². The number of nitrogens with zero attached hydrogens (tertiary/aromatic N) is 3. The Morgan fingerprint density at radius 1 is 1.30 bits per heavy atom. The van der Waals surface area contributed by atoms with Gasteiger partial charge in [-0.15, -0.1) is 0 Å². The van der Waals surface area contributed by atoms with Crippen molar-refractivity contribution < 1.29 is 14.7 Å². The second-order valence-electron chi connectivity index (χ2n) is 5.79. The van der Waals surface area contributed by atoms with Crippen molar-refractivity contribution >= 4 is 12.0 Å². The third-order valence-electron chi connectivity index (χ3n) is 4.53. The number of aliphatic carboxylic acids is 1. The summed E-state index contributed by atoms with van der Waals surface area (Å²) >= 11 is 0. The number of carboxylic acid groups (broad SMARTS) is 1. The summed E-state index contributed by atoms with van der Waals surface area (Å²) in [5.74, 6) is -0.932. The number of likely N-dealkylation sites (tertiary alicyclic amines) is 2. The van der Waals surface area contributed by atoms with Crippen LogP contribution in [0.5, 0.6) is 0 Å². The van der Waals surface area contributed by atoms with E-state index in [0.717, 1.165) is 32.6 Å². The third-order valence-corrected chi connectivity index (χ3v) is 4.53. The summed E-state index contributed by atoms with van der Waals surface area (Å²) in [5.41, 5.74) is 0. The first-order valence-corrected chi connectivity index (χ1v) is 7.53. The highest BCUT2D eigenvalue weighted by Gasteiger charge is 2.35. The van der Waals surface area contributed by atoms with Crippen molar-refractivity contribution in [1.82, 2.24) is 14.7 Å². The van der Waals surface area contributed by atoms with Gasteiger partial charge >= 0.3 is 12.0 Å². The third kappa shape index (κ3) is 3.06. The number of likely N-dealkylation sites (N-methyl/N-ethyl adjacent to an activating group) is 1. The highest BCUT2D eigenvalue weighted by molar-refractivity contribution is 5.82. The number of carbonyl (C=O) groups excluding carboxylic acids is 1. The number of hydrogen-bond donors (Lipinski definition) is 1. The standard InChI is InChI=1S/C14H25N3O3/c1-3-12(13(18)19)15(2)14(20)17-9-6-11(10-17)16-7-4-5-8-16/h11-12H,3-10H2,1-2H3,(H,18,19). The first-order valence-electron chi connectivity index (χ1n) is 7.53. The molecule has 0 saturated carbocycles. The Hall–Kier alpha value is -1.30. The number of rotatable bonds is 4. The van der Waals surface area contributed by atoms with Gasteiger partial charge in [-0.25, -0.2) is 9.59 Å². The van der Waals surface area contributed by atoms with Crippen LogP contribution in [-0.2, 0) is 4.79 Å². The summed E-state index contributed by atoms with van der Waals surface area (Å²) in [6.45, 7) is 5.53. The molecule has 0 radical (unpaired) electrons. The van der Waals surface area contributed by atoms with E-state index in [1.807, 2.05) is 0 Å². The maximum atomic E-state index is 12.4. The molecule has 2 unspecified atom stereocenters. The lowest BCUT2D eigenvalue weighted by molar-refractivity contribution is -0.142. The van der Waals surface area contributed by atoms with E-state index in [2.05, 4.69) is 4.90 Å². The number of amides is 2. The molecule has 2 aliphatic rings. The molecule has 6 heteroatoms. The van der Waals surface area contributed by atoms with Crippen molar-refractivity contribution in [2.45, 2.75) is 44.7 Å². The second-order valence-corrected chi connectivity index (χ2v) is 5.79. The summed E-state index contributed by atoms with van der Waals surface area (Å²) in [5, 5.41) is 9.14. The van der Waals surface area contributed by atoms with Crippen LogP contribution in [0.2, 0.25) is 0 Å². The largest absolute Gasteiger partial charge is 0.480 e. The summed E-state index contributed by atoms with van der Waals surface area (Å²) < 4.78 is 0. The summed E-state index contributed by atoms with van der Waals surface area (Å²) in [4.78, 5) is 29.2. The van der Waals surface area contributed by atoms with Crippen LogP contribution in [0.25, 0.3) is 0 Å². The molecule has 0 aromatic heterocycles. The lowest BCUT2D eigenvalue weighted by Gasteiger charge is -2.29. The number of carbonyl (C=O) groups is 2. The van der Waals surface area contributed by atoms with Gasteiger partial charge in [0.1, 0.15) is 6.04 Å². The van der Waals surface area contributed by atoms with Crippen LogP contribution in [0.1, 0.15) is 32.6 Å². The summed E-state index contributed by atoms with van der Waals surface area (Å²) in [6, 6.07) is -0.422. The van der Waals surface area contributed by atoms with Crippen molar-refractivity contribution in [2.75, 3.05) is 33.2 Å². The van der Waals surface area contributed by atoms with Gasteiger partial charge in [-0.05, 0) is 38.8 Å². The first-order chi connectivity index (χ1) is 9.54. The number of urea groups is 1. The highest BCUT2D eigenvalue weighted by Crippen LogP contribution is 2.21. The SMILES string of the molecule is CCC(C(=O)O)N(C)C(=O)N1CCC(N2CCCC2)C1. The Labute approximate surface area is 120 Å². The number of hydrogen-bond acceptors (Lipinski definition) is 3. The van der Waals surface area contributed by atoms with Crippen molar-refractivity contribution in [3.8, 4) is 0 Å². The fourth-order valence-corrected chi connectivity index (χ4v) is 3.29. The fourth-order valence-electron chi connectivity index (χ4n) is 3.29. The Bertz CT molecular complexity index is 369. The van der Waals surface area contributed by atoms with Gasteiger partial charge in [-0.3, -0.25) is 4.90 Å². The molecule has 6 nitrogen and oxygen atoms in total. The Morgan fingerprint density at radius 3 is 2.50 bits per heavy atom. The highest BCUT2D eigenvalue weighted by atomic mass is 16.4. The minimum absolute atomic E-state index is 0.152. The van der Waals surface area contributed by atoms with E-state index < -0.39 is 12.0 Å². The Morgan fingerprint density at radius 2 is 1.95 bits per heavy atom. The molecule has 0 aliphatic carbocycles. The molecule has 2 amide bonds. The average Bonchev–Trinajstić information content (AvgIpc) is 3.08. The molecular weight excluding hydrogens is 258 g/mol. The van der Waals surface area contributed by atoms with Gasteiger partial charge in [0.25, 0.3) is 0 Å². The van der Waals surface area contributed by atoms with E-state index in [0.29, 0.717) is 12.5 Å². The van der Waals surface area contributed by atoms with Crippen LogP contribution >= 0.6 is 0 Å². The van der Waals surface area contributed by atoms with E-state index in [9.17, 15) is 9.59 Å². The molecule has 20 heavy (non-hydrogen) atoms. The van der Waals surface area contributed by atoms with Crippen LogP contribution in [0.3, 0.4) is 0 Å². The molecule has 0 aromatic carbocycles. The molecule has 2 aliphatic heterocycles.